The quantitative estimate of drug-likeness (QED) is 0.866. The van der Waals surface area contributed by atoms with Crippen LogP contribution >= 0.6 is 0 Å². The van der Waals surface area contributed by atoms with E-state index in [1.54, 1.807) is 0 Å². The van der Waals surface area contributed by atoms with E-state index in [0.717, 1.165) is 37.2 Å². The van der Waals surface area contributed by atoms with Gasteiger partial charge in [0.1, 0.15) is 0 Å². The highest BCUT2D eigenvalue weighted by Gasteiger charge is 2.24. The van der Waals surface area contributed by atoms with Crippen LogP contribution in [0.3, 0.4) is 0 Å². The largest absolute Gasteiger partial charge is 0.398 e. The van der Waals surface area contributed by atoms with Gasteiger partial charge in [-0.1, -0.05) is 31.0 Å². The third kappa shape index (κ3) is 4.13. The first-order chi connectivity index (χ1) is 10.1. The molecule has 1 fully saturated rings. The molecule has 0 bridgehead atoms. The fourth-order valence-corrected chi connectivity index (χ4v) is 2.78. The Morgan fingerprint density at radius 2 is 1.81 bits per heavy atom. The van der Waals surface area contributed by atoms with Gasteiger partial charge in [-0.3, -0.25) is 0 Å². The van der Waals surface area contributed by atoms with Gasteiger partial charge < -0.3 is 15.5 Å². The second kappa shape index (κ2) is 7.34. The maximum atomic E-state index is 12.8. The second-order valence-electron chi connectivity index (χ2n) is 6.10. The van der Waals surface area contributed by atoms with E-state index in [9.17, 15) is 4.79 Å². The summed E-state index contributed by atoms with van der Waals surface area (Å²) >= 11 is 0. The average Bonchev–Trinajstić information content (AvgIpc) is 2.74. The summed E-state index contributed by atoms with van der Waals surface area (Å²) < 4.78 is 0. The molecule has 1 saturated heterocycles. The normalized spacial score (nSPS) is 15.9. The smallest absolute Gasteiger partial charge is 0.320 e. The van der Waals surface area contributed by atoms with Crippen LogP contribution in [-0.4, -0.2) is 35.0 Å². The van der Waals surface area contributed by atoms with Gasteiger partial charge in [0.05, 0.1) is 0 Å². The van der Waals surface area contributed by atoms with Gasteiger partial charge in [0.2, 0.25) is 0 Å². The fourth-order valence-electron chi connectivity index (χ4n) is 2.78. The Labute approximate surface area is 127 Å². The highest BCUT2D eigenvalue weighted by atomic mass is 16.2. The molecule has 0 radical (unpaired) electrons. The van der Waals surface area contributed by atoms with Gasteiger partial charge in [0.25, 0.3) is 0 Å². The number of urea groups is 1. The first-order valence-corrected chi connectivity index (χ1v) is 7.98. The molecule has 116 valence electrons. The molecule has 21 heavy (non-hydrogen) atoms. The number of carbonyl (C=O) groups is 1. The van der Waals surface area contributed by atoms with Crippen LogP contribution in [0.4, 0.5) is 10.5 Å². The van der Waals surface area contributed by atoms with Gasteiger partial charge >= 0.3 is 6.03 Å². The van der Waals surface area contributed by atoms with Crippen molar-refractivity contribution in [2.45, 2.75) is 52.1 Å². The summed E-state index contributed by atoms with van der Waals surface area (Å²) in [7, 11) is 0. The Morgan fingerprint density at radius 1 is 1.19 bits per heavy atom. The molecule has 2 rings (SSSR count). The number of benzene rings is 1. The molecule has 0 atom stereocenters. The maximum absolute atomic E-state index is 12.8. The lowest BCUT2D eigenvalue weighted by Crippen LogP contribution is -2.46. The lowest BCUT2D eigenvalue weighted by Gasteiger charge is -2.33. The van der Waals surface area contributed by atoms with E-state index in [1.165, 1.54) is 12.8 Å². The predicted molar refractivity (Wildman–Crippen MR) is 87.0 cm³/mol. The molecule has 2 N–H and O–H groups in total. The molecule has 0 aliphatic carbocycles. The van der Waals surface area contributed by atoms with Crippen LogP contribution in [0.2, 0.25) is 0 Å². The van der Waals surface area contributed by atoms with E-state index in [1.807, 2.05) is 34.1 Å². The lowest BCUT2D eigenvalue weighted by atomic mass is 10.1. The van der Waals surface area contributed by atoms with Crippen LogP contribution in [0, 0.1) is 0 Å². The number of nitrogens with two attached hydrogens (primary N) is 1. The number of amides is 2. The molecule has 4 nitrogen and oxygen atoms in total. The van der Waals surface area contributed by atoms with Crippen molar-refractivity contribution >= 4 is 11.7 Å². The number of likely N-dealkylation sites (tertiary alicyclic amines) is 1. The van der Waals surface area contributed by atoms with Crippen LogP contribution in [0.5, 0.6) is 0 Å². The number of nitrogen functional groups attached to an aromatic ring is 1. The van der Waals surface area contributed by atoms with Crippen LogP contribution in [0.25, 0.3) is 0 Å². The summed E-state index contributed by atoms with van der Waals surface area (Å²) in [6.45, 7) is 6.47. The van der Waals surface area contributed by atoms with Crippen LogP contribution in [0.15, 0.2) is 24.3 Å². The molecule has 0 saturated carbocycles. The molecule has 1 heterocycles. The third-order valence-corrected chi connectivity index (χ3v) is 4.14. The van der Waals surface area contributed by atoms with E-state index in [0.29, 0.717) is 6.54 Å². The van der Waals surface area contributed by atoms with E-state index in [4.69, 9.17) is 5.73 Å². The third-order valence-electron chi connectivity index (χ3n) is 4.14. The number of nitrogens with zero attached hydrogens (tertiary/aromatic N) is 2. The predicted octanol–water partition coefficient (Wildman–Crippen LogP) is 3.48. The maximum Gasteiger partial charge on any atom is 0.320 e. The molecular formula is C17H27N3O. The zero-order chi connectivity index (χ0) is 15.2. The number of hydrogen-bond acceptors (Lipinski definition) is 2. The van der Waals surface area contributed by atoms with Gasteiger partial charge in [0, 0.05) is 31.4 Å². The van der Waals surface area contributed by atoms with Crippen molar-refractivity contribution in [1.29, 1.82) is 0 Å². The minimum atomic E-state index is 0.148. The topological polar surface area (TPSA) is 49.6 Å². The summed E-state index contributed by atoms with van der Waals surface area (Å²) in [6, 6.07) is 8.11. The monoisotopic (exact) mass is 289 g/mol. The Balaban J connectivity index is 2.11. The van der Waals surface area contributed by atoms with Crippen LogP contribution < -0.4 is 5.73 Å². The van der Waals surface area contributed by atoms with Crippen molar-refractivity contribution in [3.05, 3.63) is 29.8 Å². The standard InChI is InChI=1S/C17H27N3O/c1-14(2)20(13-15-9-5-6-10-16(15)18)17(21)19-11-7-3-4-8-12-19/h5-6,9-10,14H,3-4,7-8,11-13,18H2,1-2H3. The first kappa shape index (κ1) is 15.7. The van der Waals surface area contributed by atoms with Gasteiger partial charge in [-0.15, -0.1) is 0 Å². The Kier molecular flexibility index (Phi) is 5.48. The summed E-state index contributed by atoms with van der Waals surface area (Å²) in [5.41, 5.74) is 7.80. The van der Waals surface area contributed by atoms with Crippen LogP contribution in [0.1, 0.15) is 45.1 Å². The Hall–Kier alpha value is -1.71. The zero-order valence-electron chi connectivity index (χ0n) is 13.2. The molecule has 0 unspecified atom stereocenters. The van der Waals surface area contributed by atoms with Gasteiger partial charge in [0.15, 0.2) is 0 Å². The first-order valence-electron chi connectivity index (χ1n) is 7.98. The molecular weight excluding hydrogens is 262 g/mol. The molecule has 4 heteroatoms. The van der Waals surface area contributed by atoms with Crippen molar-refractivity contribution in [3.63, 3.8) is 0 Å². The molecule has 1 aliphatic rings. The highest BCUT2D eigenvalue weighted by molar-refractivity contribution is 5.75. The summed E-state index contributed by atoms with van der Waals surface area (Å²) in [5.74, 6) is 0. The van der Waals surface area contributed by atoms with Crippen LogP contribution in [-0.2, 0) is 6.54 Å². The van der Waals surface area contributed by atoms with Gasteiger partial charge in [-0.25, -0.2) is 4.79 Å². The zero-order valence-corrected chi connectivity index (χ0v) is 13.2. The Morgan fingerprint density at radius 3 is 2.38 bits per heavy atom. The van der Waals surface area contributed by atoms with Crippen molar-refractivity contribution in [1.82, 2.24) is 9.80 Å². The molecule has 1 aromatic rings. The molecule has 0 aromatic heterocycles. The van der Waals surface area contributed by atoms with Crippen molar-refractivity contribution in [2.75, 3.05) is 18.8 Å². The fraction of sp³-hybridized carbons (Fsp3) is 0.588. The second-order valence-corrected chi connectivity index (χ2v) is 6.10. The number of para-hydroxylation sites is 1. The molecule has 2 amide bonds. The summed E-state index contributed by atoms with van der Waals surface area (Å²) in [4.78, 5) is 16.8. The summed E-state index contributed by atoms with van der Waals surface area (Å²) in [6.07, 6.45) is 4.70. The van der Waals surface area contributed by atoms with Crippen molar-refractivity contribution in [2.24, 2.45) is 0 Å². The molecule has 1 aromatic carbocycles. The number of hydrogen-bond donors (Lipinski definition) is 1. The minimum Gasteiger partial charge on any atom is -0.398 e. The highest BCUT2D eigenvalue weighted by Crippen LogP contribution is 2.18. The SMILES string of the molecule is CC(C)N(Cc1ccccc1N)C(=O)N1CCCCCC1. The lowest BCUT2D eigenvalue weighted by molar-refractivity contribution is 0.138. The molecule has 0 spiro atoms. The van der Waals surface area contributed by atoms with E-state index < -0.39 is 0 Å². The molecule has 1 aliphatic heterocycles. The van der Waals surface area contributed by atoms with Crippen molar-refractivity contribution < 1.29 is 4.79 Å². The van der Waals surface area contributed by atoms with E-state index in [-0.39, 0.29) is 12.1 Å². The number of anilines is 1. The van der Waals surface area contributed by atoms with Gasteiger partial charge in [-0.05, 0) is 38.3 Å². The van der Waals surface area contributed by atoms with Crippen molar-refractivity contribution in [3.8, 4) is 0 Å². The Bertz CT molecular complexity index is 465. The minimum absolute atomic E-state index is 0.148. The number of carbonyl (C=O) groups excluding carboxylic acids is 1. The number of rotatable bonds is 3. The van der Waals surface area contributed by atoms with E-state index >= 15 is 0 Å². The summed E-state index contributed by atoms with van der Waals surface area (Å²) in [5, 5.41) is 0. The van der Waals surface area contributed by atoms with Gasteiger partial charge in [-0.2, -0.15) is 0 Å². The van der Waals surface area contributed by atoms with E-state index in [2.05, 4.69) is 13.8 Å². The average molecular weight is 289 g/mol.